The van der Waals surface area contributed by atoms with Gasteiger partial charge in [-0.3, -0.25) is 0 Å². The van der Waals surface area contributed by atoms with Crippen LogP contribution < -0.4 is 0 Å². The van der Waals surface area contributed by atoms with Crippen molar-refractivity contribution in [1.82, 2.24) is 0 Å². The van der Waals surface area contributed by atoms with Gasteiger partial charge in [0.05, 0.1) is 11.1 Å². The molecule has 0 aliphatic heterocycles. The van der Waals surface area contributed by atoms with Crippen LogP contribution in [0.3, 0.4) is 0 Å². The number of carbonyl (C=O) groups is 2. The summed E-state index contributed by atoms with van der Waals surface area (Å²) >= 11 is 0. The number of hydrogen-bond acceptors (Lipinski definition) is 2. The Morgan fingerprint density at radius 2 is 1.08 bits per heavy atom. The minimum Gasteiger partial charge on any atom is -0.478 e. The van der Waals surface area contributed by atoms with Crippen molar-refractivity contribution in [2.45, 2.75) is 34.1 Å². The molecule has 136 valence electrons. The topological polar surface area (TPSA) is 74.6 Å². The third-order valence-corrected chi connectivity index (χ3v) is 4.31. The van der Waals surface area contributed by atoms with E-state index in [4.69, 9.17) is 10.2 Å². The lowest BCUT2D eigenvalue weighted by Gasteiger charge is -2.28. The van der Waals surface area contributed by atoms with Gasteiger partial charge in [-0.15, -0.1) is 0 Å². The number of hydrogen-bond donors (Lipinski definition) is 2. The van der Waals surface area contributed by atoms with E-state index in [0.29, 0.717) is 0 Å². The second-order valence-electron chi connectivity index (χ2n) is 7.22. The highest BCUT2D eigenvalue weighted by Gasteiger charge is 2.23. The first-order valence-corrected chi connectivity index (χ1v) is 8.56. The number of allylic oxidation sites excluding steroid dienone is 2. The molecule has 2 rings (SSSR count). The molecule has 0 aliphatic carbocycles. The quantitative estimate of drug-likeness (QED) is 0.702. The van der Waals surface area contributed by atoms with Crippen molar-refractivity contribution >= 4 is 23.1 Å². The molecule has 0 aromatic heterocycles. The van der Waals surface area contributed by atoms with Crippen molar-refractivity contribution < 1.29 is 19.8 Å². The van der Waals surface area contributed by atoms with Gasteiger partial charge in [-0.25, -0.2) is 9.59 Å². The van der Waals surface area contributed by atoms with Gasteiger partial charge in [0.2, 0.25) is 0 Å². The summed E-state index contributed by atoms with van der Waals surface area (Å²) in [5.41, 5.74) is 4.55. The second kappa shape index (κ2) is 7.56. The van der Waals surface area contributed by atoms with Crippen LogP contribution in [0.25, 0.3) is 11.1 Å². The molecule has 0 amide bonds. The number of carboxylic acid groups (broad SMARTS) is 2. The normalized spacial score (nSPS) is 12.5. The Kier molecular flexibility index (Phi) is 5.66. The zero-order valence-corrected chi connectivity index (χ0v) is 15.5. The number of aromatic carboxylic acids is 2. The molecular weight excluding hydrogens is 328 g/mol. The summed E-state index contributed by atoms with van der Waals surface area (Å²) in [5, 5.41) is 18.2. The van der Waals surface area contributed by atoms with Gasteiger partial charge in [-0.2, -0.15) is 0 Å². The molecule has 0 bridgehead atoms. The van der Waals surface area contributed by atoms with Crippen molar-refractivity contribution in [3.05, 3.63) is 70.8 Å². The number of benzene rings is 2. The molecule has 4 nitrogen and oxygen atoms in total. The summed E-state index contributed by atoms with van der Waals surface area (Å²) < 4.78 is 0. The van der Waals surface area contributed by atoms with E-state index in [1.807, 2.05) is 24.3 Å². The minimum absolute atomic E-state index is 0.165. The average Bonchev–Trinajstić information content (AvgIpc) is 2.58. The lowest BCUT2D eigenvalue weighted by atomic mass is 9.77. The predicted octanol–water partition coefficient (Wildman–Crippen LogP) is 5.45. The van der Waals surface area contributed by atoms with E-state index in [1.54, 1.807) is 24.3 Å². The Morgan fingerprint density at radius 1 is 0.731 bits per heavy atom. The van der Waals surface area contributed by atoms with Crippen LogP contribution in [0.15, 0.2) is 48.5 Å². The highest BCUT2D eigenvalue weighted by atomic mass is 16.4. The third-order valence-electron chi connectivity index (χ3n) is 4.31. The SMILES string of the molecule is CC/C(=C(\c1ccc(C(=O)O)cc1)C(C)(C)C)c1ccc(C(=O)O)cc1. The van der Waals surface area contributed by atoms with E-state index in [9.17, 15) is 9.59 Å². The van der Waals surface area contributed by atoms with Gasteiger partial charge in [-0.05, 0) is 58.4 Å². The zero-order valence-electron chi connectivity index (χ0n) is 15.5. The maximum absolute atomic E-state index is 11.1. The molecule has 0 unspecified atom stereocenters. The summed E-state index contributed by atoms with van der Waals surface area (Å²) in [7, 11) is 0. The van der Waals surface area contributed by atoms with Crippen molar-refractivity contribution in [3.63, 3.8) is 0 Å². The van der Waals surface area contributed by atoms with Crippen LogP contribution >= 0.6 is 0 Å². The lowest BCUT2D eigenvalue weighted by Crippen LogP contribution is -2.11. The fourth-order valence-corrected chi connectivity index (χ4v) is 3.18. The van der Waals surface area contributed by atoms with Crippen LogP contribution in [0.1, 0.15) is 66.0 Å². The van der Waals surface area contributed by atoms with E-state index in [0.717, 1.165) is 28.7 Å². The van der Waals surface area contributed by atoms with Gasteiger partial charge in [-0.1, -0.05) is 52.0 Å². The lowest BCUT2D eigenvalue weighted by molar-refractivity contribution is 0.0686. The molecule has 0 fully saturated rings. The minimum atomic E-state index is -0.946. The molecule has 0 atom stereocenters. The highest BCUT2D eigenvalue weighted by molar-refractivity contribution is 5.95. The summed E-state index contributed by atoms with van der Waals surface area (Å²) in [6.07, 6.45) is 0.777. The van der Waals surface area contributed by atoms with E-state index in [2.05, 4.69) is 27.7 Å². The van der Waals surface area contributed by atoms with E-state index < -0.39 is 11.9 Å². The molecule has 2 aromatic rings. The summed E-state index contributed by atoms with van der Waals surface area (Å²) in [4.78, 5) is 22.2. The Hall–Kier alpha value is -2.88. The Morgan fingerprint density at radius 3 is 1.38 bits per heavy atom. The Balaban J connectivity index is 2.64. The second-order valence-corrected chi connectivity index (χ2v) is 7.22. The fourth-order valence-electron chi connectivity index (χ4n) is 3.18. The molecule has 0 spiro atoms. The van der Waals surface area contributed by atoms with Crippen LogP contribution in [0, 0.1) is 5.41 Å². The standard InChI is InChI=1S/C22H24O4/c1-5-18(14-6-10-16(11-7-14)20(23)24)19(22(2,3)4)15-8-12-17(13-9-15)21(25)26/h6-13H,5H2,1-4H3,(H,23,24)(H,25,26)/b19-18-. The summed E-state index contributed by atoms with van der Waals surface area (Å²) in [6, 6.07) is 13.8. The monoisotopic (exact) mass is 352 g/mol. The molecule has 0 radical (unpaired) electrons. The molecule has 26 heavy (non-hydrogen) atoms. The Bertz CT molecular complexity index is 835. The van der Waals surface area contributed by atoms with Crippen LogP contribution in [-0.2, 0) is 0 Å². The van der Waals surface area contributed by atoms with Gasteiger partial charge in [0.25, 0.3) is 0 Å². The summed E-state index contributed by atoms with van der Waals surface area (Å²) in [5.74, 6) is -1.89. The number of carboxylic acids is 2. The van der Waals surface area contributed by atoms with Crippen LogP contribution in [-0.4, -0.2) is 22.2 Å². The maximum Gasteiger partial charge on any atom is 0.335 e. The van der Waals surface area contributed by atoms with Crippen LogP contribution in [0.4, 0.5) is 0 Å². The largest absolute Gasteiger partial charge is 0.478 e. The number of rotatable bonds is 5. The van der Waals surface area contributed by atoms with Gasteiger partial charge >= 0.3 is 11.9 Å². The average molecular weight is 352 g/mol. The van der Waals surface area contributed by atoms with Crippen LogP contribution in [0.5, 0.6) is 0 Å². The van der Waals surface area contributed by atoms with Gasteiger partial charge in [0, 0.05) is 0 Å². The molecule has 2 aromatic carbocycles. The Labute approximate surface area is 153 Å². The molecule has 2 N–H and O–H groups in total. The molecule has 0 saturated carbocycles. The first-order chi connectivity index (χ1) is 12.1. The van der Waals surface area contributed by atoms with Gasteiger partial charge in [0.15, 0.2) is 0 Å². The fraction of sp³-hybridized carbons (Fsp3) is 0.273. The van der Waals surface area contributed by atoms with Crippen molar-refractivity contribution in [3.8, 4) is 0 Å². The maximum atomic E-state index is 11.1. The first-order valence-electron chi connectivity index (χ1n) is 8.56. The van der Waals surface area contributed by atoms with E-state index in [-0.39, 0.29) is 16.5 Å². The van der Waals surface area contributed by atoms with Crippen molar-refractivity contribution in [2.75, 3.05) is 0 Å². The van der Waals surface area contributed by atoms with Crippen molar-refractivity contribution in [2.24, 2.45) is 5.41 Å². The third kappa shape index (κ3) is 4.20. The molecule has 0 aliphatic rings. The molecular formula is C22H24O4. The van der Waals surface area contributed by atoms with Crippen molar-refractivity contribution in [1.29, 1.82) is 0 Å². The first kappa shape index (κ1) is 19.4. The van der Waals surface area contributed by atoms with Gasteiger partial charge in [0.1, 0.15) is 0 Å². The van der Waals surface area contributed by atoms with Gasteiger partial charge < -0.3 is 10.2 Å². The zero-order chi connectivity index (χ0) is 19.5. The smallest absolute Gasteiger partial charge is 0.335 e. The van der Waals surface area contributed by atoms with Crippen LogP contribution in [0.2, 0.25) is 0 Å². The predicted molar refractivity (Wildman–Crippen MR) is 103 cm³/mol. The van der Waals surface area contributed by atoms with E-state index in [1.165, 1.54) is 0 Å². The molecule has 4 heteroatoms. The van der Waals surface area contributed by atoms with E-state index >= 15 is 0 Å². The molecule has 0 heterocycles. The molecule has 0 saturated heterocycles. The summed E-state index contributed by atoms with van der Waals surface area (Å²) in [6.45, 7) is 8.43. The highest BCUT2D eigenvalue weighted by Crippen LogP contribution is 2.41.